The minimum absolute atomic E-state index is 0.190. The van der Waals surface area contributed by atoms with Gasteiger partial charge in [-0.3, -0.25) is 0 Å². The second-order valence-electron chi connectivity index (χ2n) is 9.07. The molecule has 2 N–H and O–H groups in total. The van der Waals surface area contributed by atoms with Crippen LogP contribution in [-0.2, 0) is 20.7 Å². The summed E-state index contributed by atoms with van der Waals surface area (Å²) in [7, 11) is 0. The van der Waals surface area contributed by atoms with Crippen LogP contribution < -0.4 is 10.6 Å². The molecule has 0 spiro atoms. The molecule has 2 unspecified atom stereocenters. The van der Waals surface area contributed by atoms with Gasteiger partial charge in [-0.1, -0.05) is 60.7 Å². The lowest BCUT2D eigenvalue weighted by molar-refractivity contribution is -0.0785. The Balaban J connectivity index is 1.56. The number of hydrogen-bond donors (Lipinski definition) is 2. The fourth-order valence-corrected chi connectivity index (χ4v) is 4.45. The van der Waals surface area contributed by atoms with Crippen molar-refractivity contribution in [3.05, 3.63) is 95.1 Å². The van der Waals surface area contributed by atoms with Crippen molar-refractivity contribution in [2.24, 2.45) is 0 Å². The third kappa shape index (κ3) is 3.26. The second kappa shape index (κ2) is 6.86. The first kappa shape index (κ1) is 19.2. The topological polar surface area (TPSA) is 42.5 Å². The first-order valence-corrected chi connectivity index (χ1v) is 10.5. The molecule has 2 aliphatic rings. The first-order chi connectivity index (χ1) is 14.3. The summed E-state index contributed by atoms with van der Waals surface area (Å²) in [5.41, 5.74) is 5.85. The van der Waals surface area contributed by atoms with Gasteiger partial charge < -0.3 is 20.1 Å². The SMILES string of the molecule is CC1(C)OC(c2ccccc2)Nc2cc3c(cc21)C(C)(C)OC(c1ccccc1)N3. The fraction of sp³-hybridized carbons (Fsp3) is 0.308. The van der Waals surface area contributed by atoms with E-state index >= 15 is 0 Å². The maximum absolute atomic E-state index is 6.46. The molecule has 4 nitrogen and oxygen atoms in total. The maximum atomic E-state index is 6.46. The van der Waals surface area contributed by atoms with Crippen molar-refractivity contribution in [2.45, 2.75) is 51.4 Å². The van der Waals surface area contributed by atoms with E-state index in [-0.39, 0.29) is 12.5 Å². The van der Waals surface area contributed by atoms with Gasteiger partial charge >= 0.3 is 0 Å². The molecular weight excluding hydrogens is 372 g/mol. The summed E-state index contributed by atoms with van der Waals surface area (Å²) in [6.07, 6.45) is -0.381. The van der Waals surface area contributed by atoms with Crippen LogP contribution >= 0.6 is 0 Å². The number of ether oxygens (including phenoxy) is 2. The monoisotopic (exact) mass is 400 g/mol. The Hall–Kier alpha value is -2.82. The zero-order valence-electron chi connectivity index (χ0n) is 17.9. The van der Waals surface area contributed by atoms with Crippen LogP contribution in [0.15, 0.2) is 72.8 Å². The van der Waals surface area contributed by atoms with Gasteiger partial charge in [0.2, 0.25) is 0 Å². The smallest absolute Gasteiger partial charge is 0.155 e. The molecule has 0 aromatic heterocycles. The molecule has 154 valence electrons. The summed E-state index contributed by atoms with van der Waals surface area (Å²) in [5.74, 6) is 0. The van der Waals surface area contributed by atoms with Crippen molar-refractivity contribution in [2.75, 3.05) is 10.6 Å². The van der Waals surface area contributed by atoms with Crippen LogP contribution in [0.25, 0.3) is 0 Å². The van der Waals surface area contributed by atoms with Gasteiger partial charge in [0.1, 0.15) is 0 Å². The van der Waals surface area contributed by atoms with Crippen LogP contribution in [0.5, 0.6) is 0 Å². The van der Waals surface area contributed by atoms with E-state index in [0.29, 0.717) is 0 Å². The lowest BCUT2D eigenvalue weighted by Gasteiger charge is -2.43. The summed E-state index contributed by atoms with van der Waals surface area (Å²) in [5, 5.41) is 7.20. The predicted octanol–water partition coefficient (Wildman–Crippen LogP) is 6.44. The number of hydrogen-bond acceptors (Lipinski definition) is 4. The number of fused-ring (bicyclic) bond motifs is 2. The average molecular weight is 401 g/mol. The molecule has 0 amide bonds. The number of rotatable bonds is 2. The standard InChI is InChI=1S/C26H28N2O2/c1-25(2)19-15-20-22(16-21(19)27-23(29-25)17-11-7-5-8-12-17)28-24(30-26(20,3)4)18-13-9-6-10-14-18/h5-16,23-24,27-28H,1-4H3. The second-order valence-corrected chi connectivity index (χ2v) is 9.07. The molecule has 0 fully saturated rings. The highest BCUT2D eigenvalue weighted by Gasteiger charge is 2.40. The largest absolute Gasteiger partial charge is 0.356 e. The summed E-state index contributed by atoms with van der Waals surface area (Å²) in [6, 6.07) is 25.0. The molecule has 2 aliphatic heterocycles. The maximum Gasteiger partial charge on any atom is 0.155 e. The van der Waals surface area contributed by atoms with Crippen molar-refractivity contribution in [3.8, 4) is 0 Å². The third-order valence-electron chi connectivity index (χ3n) is 6.06. The molecule has 2 atom stereocenters. The Kier molecular flexibility index (Phi) is 4.38. The van der Waals surface area contributed by atoms with E-state index in [0.717, 1.165) is 33.6 Å². The highest BCUT2D eigenvalue weighted by atomic mass is 16.5. The summed E-state index contributed by atoms with van der Waals surface area (Å²) >= 11 is 0. The zero-order chi connectivity index (χ0) is 20.9. The zero-order valence-corrected chi connectivity index (χ0v) is 17.9. The molecule has 0 aliphatic carbocycles. The first-order valence-electron chi connectivity index (χ1n) is 10.5. The Labute approximate surface area is 178 Å². The van der Waals surface area contributed by atoms with Crippen molar-refractivity contribution in [1.82, 2.24) is 0 Å². The quantitative estimate of drug-likeness (QED) is 0.519. The van der Waals surface area contributed by atoms with E-state index < -0.39 is 11.2 Å². The molecule has 3 aromatic carbocycles. The Bertz CT molecular complexity index is 978. The van der Waals surface area contributed by atoms with Crippen molar-refractivity contribution in [1.29, 1.82) is 0 Å². The molecule has 30 heavy (non-hydrogen) atoms. The molecule has 0 saturated carbocycles. The average Bonchev–Trinajstić information content (AvgIpc) is 2.73. The lowest BCUT2D eigenvalue weighted by atomic mass is 9.85. The van der Waals surface area contributed by atoms with Gasteiger partial charge in [0.25, 0.3) is 0 Å². The van der Waals surface area contributed by atoms with Gasteiger partial charge in [0, 0.05) is 33.6 Å². The molecule has 0 saturated heterocycles. The lowest BCUT2D eigenvalue weighted by Crippen LogP contribution is -2.37. The van der Waals surface area contributed by atoms with Crippen LogP contribution in [0.3, 0.4) is 0 Å². The third-order valence-corrected chi connectivity index (χ3v) is 6.06. The van der Waals surface area contributed by atoms with Gasteiger partial charge in [0.15, 0.2) is 12.5 Å². The summed E-state index contributed by atoms with van der Waals surface area (Å²) < 4.78 is 12.9. The van der Waals surface area contributed by atoms with E-state index in [2.05, 4.69) is 74.7 Å². The number of nitrogens with one attached hydrogen (secondary N) is 2. The van der Waals surface area contributed by atoms with Crippen LogP contribution in [0.4, 0.5) is 11.4 Å². The molecule has 0 radical (unpaired) electrons. The van der Waals surface area contributed by atoms with Crippen LogP contribution in [0.1, 0.15) is 62.4 Å². The number of anilines is 2. The van der Waals surface area contributed by atoms with Gasteiger partial charge in [-0.15, -0.1) is 0 Å². The molecule has 5 rings (SSSR count). The van der Waals surface area contributed by atoms with E-state index in [1.165, 1.54) is 0 Å². The van der Waals surface area contributed by atoms with Crippen LogP contribution in [0, 0.1) is 0 Å². The van der Waals surface area contributed by atoms with E-state index in [1.807, 2.05) is 36.4 Å². The minimum Gasteiger partial charge on any atom is -0.356 e. The van der Waals surface area contributed by atoms with Crippen molar-refractivity contribution >= 4 is 11.4 Å². The molecule has 2 heterocycles. The van der Waals surface area contributed by atoms with Gasteiger partial charge in [0.05, 0.1) is 11.2 Å². The number of benzene rings is 3. The molecule has 4 heteroatoms. The summed E-state index contributed by atoms with van der Waals surface area (Å²) in [6.45, 7) is 8.52. The Morgan fingerprint density at radius 3 is 1.40 bits per heavy atom. The highest BCUT2D eigenvalue weighted by Crippen LogP contribution is 2.49. The van der Waals surface area contributed by atoms with E-state index in [4.69, 9.17) is 9.47 Å². The van der Waals surface area contributed by atoms with Crippen LogP contribution in [-0.4, -0.2) is 0 Å². The Morgan fingerprint density at radius 1 is 0.600 bits per heavy atom. The molecular formula is C26H28N2O2. The molecule has 0 bridgehead atoms. The summed E-state index contributed by atoms with van der Waals surface area (Å²) in [4.78, 5) is 0. The fourth-order valence-electron chi connectivity index (χ4n) is 4.45. The van der Waals surface area contributed by atoms with E-state index in [9.17, 15) is 0 Å². The van der Waals surface area contributed by atoms with Crippen molar-refractivity contribution in [3.63, 3.8) is 0 Å². The predicted molar refractivity (Wildman–Crippen MR) is 120 cm³/mol. The highest BCUT2D eigenvalue weighted by molar-refractivity contribution is 5.70. The van der Waals surface area contributed by atoms with Gasteiger partial charge in [-0.2, -0.15) is 0 Å². The Morgan fingerprint density at radius 2 is 1.00 bits per heavy atom. The van der Waals surface area contributed by atoms with Gasteiger partial charge in [-0.25, -0.2) is 0 Å². The molecule has 3 aromatic rings. The minimum atomic E-state index is -0.428. The van der Waals surface area contributed by atoms with Crippen LogP contribution in [0.2, 0.25) is 0 Å². The van der Waals surface area contributed by atoms with E-state index in [1.54, 1.807) is 0 Å². The van der Waals surface area contributed by atoms with Crippen molar-refractivity contribution < 1.29 is 9.47 Å². The van der Waals surface area contributed by atoms with Gasteiger partial charge in [-0.05, 0) is 39.8 Å². The normalized spacial score (nSPS) is 23.5.